The van der Waals surface area contributed by atoms with E-state index in [2.05, 4.69) is 20.6 Å². The molecule has 1 saturated heterocycles. The summed E-state index contributed by atoms with van der Waals surface area (Å²) >= 11 is 0. The molecule has 3 aromatic rings. The van der Waals surface area contributed by atoms with Crippen molar-refractivity contribution in [1.82, 2.24) is 24.9 Å². The zero-order chi connectivity index (χ0) is 16.4. The number of pyridine rings is 1. The number of fused-ring (bicyclic) bond motifs is 1. The Kier molecular flexibility index (Phi) is 4.00. The maximum Gasteiger partial charge on any atom is 0.213 e. The summed E-state index contributed by atoms with van der Waals surface area (Å²) in [5.41, 5.74) is 2.71. The summed E-state index contributed by atoms with van der Waals surface area (Å²) in [7, 11) is 1.61. The number of nitrogens with zero attached hydrogens (tertiary/aromatic N) is 4. The molecule has 0 saturated carbocycles. The first-order valence-corrected chi connectivity index (χ1v) is 8.16. The van der Waals surface area contributed by atoms with Gasteiger partial charge in [-0.25, -0.2) is 14.5 Å². The number of aromatic nitrogens is 4. The van der Waals surface area contributed by atoms with E-state index in [1.165, 1.54) is 0 Å². The third kappa shape index (κ3) is 2.90. The van der Waals surface area contributed by atoms with Crippen molar-refractivity contribution < 1.29 is 4.74 Å². The molecule has 7 nitrogen and oxygen atoms in total. The first kappa shape index (κ1) is 14.9. The van der Waals surface area contributed by atoms with Crippen molar-refractivity contribution in [2.45, 2.75) is 18.9 Å². The van der Waals surface area contributed by atoms with Gasteiger partial charge in [0.1, 0.15) is 5.82 Å². The van der Waals surface area contributed by atoms with Crippen LogP contribution in [0.5, 0.6) is 5.88 Å². The SMILES string of the molecule is COc1cc(-c2cnc3ccc(NC4CCNCC4)nn23)ccn1. The second-order valence-corrected chi connectivity index (χ2v) is 5.89. The number of nitrogens with one attached hydrogen (secondary N) is 2. The van der Waals surface area contributed by atoms with Gasteiger partial charge in [0.2, 0.25) is 5.88 Å². The molecule has 0 bridgehead atoms. The molecular formula is C17H20N6O. The lowest BCUT2D eigenvalue weighted by atomic mass is 10.1. The molecule has 0 aliphatic carbocycles. The molecule has 3 aromatic heterocycles. The van der Waals surface area contributed by atoms with Gasteiger partial charge in [0.25, 0.3) is 0 Å². The largest absolute Gasteiger partial charge is 0.481 e. The number of hydrogen-bond acceptors (Lipinski definition) is 6. The summed E-state index contributed by atoms with van der Waals surface area (Å²) < 4.78 is 7.07. The molecule has 4 rings (SSSR count). The van der Waals surface area contributed by atoms with Crippen LogP contribution in [-0.2, 0) is 0 Å². The molecule has 0 unspecified atom stereocenters. The minimum atomic E-state index is 0.462. The fraction of sp³-hybridized carbons (Fsp3) is 0.353. The summed E-state index contributed by atoms with van der Waals surface area (Å²) in [5.74, 6) is 1.45. The molecule has 4 heterocycles. The van der Waals surface area contributed by atoms with Crippen LogP contribution in [0.3, 0.4) is 0 Å². The number of imidazole rings is 1. The molecule has 24 heavy (non-hydrogen) atoms. The number of ether oxygens (including phenoxy) is 1. The van der Waals surface area contributed by atoms with Gasteiger partial charge in [0.05, 0.1) is 19.0 Å². The molecule has 1 fully saturated rings. The van der Waals surface area contributed by atoms with Gasteiger partial charge in [0.15, 0.2) is 5.65 Å². The second kappa shape index (κ2) is 6.45. The molecule has 7 heteroatoms. The van der Waals surface area contributed by atoms with E-state index in [0.717, 1.165) is 48.7 Å². The predicted octanol–water partition coefficient (Wildman–Crippen LogP) is 1.96. The van der Waals surface area contributed by atoms with E-state index in [4.69, 9.17) is 9.84 Å². The number of hydrogen-bond donors (Lipinski definition) is 2. The summed E-state index contributed by atoms with van der Waals surface area (Å²) in [6, 6.07) is 8.25. The van der Waals surface area contributed by atoms with E-state index < -0.39 is 0 Å². The topological polar surface area (TPSA) is 76.4 Å². The Bertz CT molecular complexity index is 840. The van der Waals surface area contributed by atoms with Crippen molar-refractivity contribution in [3.63, 3.8) is 0 Å². The fourth-order valence-corrected chi connectivity index (χ4v) is 3.00. The zero-order valence-electron chi connectivity index (χ0n) is 13.6. The van der Waals surface area contributed by atoms with Crippen LogP contribution in [0.25, 0.3) is 16.9 Å². The lowest BCUT2D eigenvalue weighted by molar-refractivity contribution is 0.398. The summed E-state index contributed by atoms with van der Waals surface area (Å²) in [6.07, 6.45) is 5.77. The number of piperidine rings is 1. The van der Waals surface area contributed by atoms with Crippen LogP contribution in [-0.4, -0.2) is 45.8 Å². The molecular weight excluding hydrogens is 304 g/mol. The predicted molar refractivity (Wildman–Crippen MR) is 92.3 cm³/mol. The zero-order valence-corrected chi connectivity index (χ0v) is 13.6. The van der Waals surface area contributed by atoms with Gasteiger partial charge >= 0.3 is 0 Å². The van der Waals surface area contributed by atoms with E-state index in [9.17, 15) is 0 Å². The highest BCUT2D eigenvalue weighted by atomic mass is 16.5. The summed E-state index contributed by atoms with van der Waals surface area (Å²) in [4.78, 5) is 8.59. The van der Waals surface area contributed by atoms with Gasteiger partial charge in [-0.2, -0.15) is 0 Å². The van der Waals surface area contributed by atoms with Gasteiger partial charge in [-0.15, -0.1) is 5.10 Å². The highest BCUT2D eigenvalue weighted by Gasteiger charge is 2.14. The molecule has 0 aromatic carbocycles. The Morgan fingerprint density at radius 1 is 1.21 bits per heavy atom. The average molecular weight is 324 g/mol. The molecule has 1 aliphatic rings. The molecule has 0 spiro atoms. The van der Waals surface area contributed by atoms with Crippen molar-refractivity contribution in [2.75, 3.05) is 25.5 Å². The van der Waals surface area contributed by atoms with Gasteiger partial charge < -0.3 is 15.4 Å². The average Bonchev–Trinajstić information content (AvgIpc) is 3.06. The minimum Gasteiger partial charge on any atom is -0.481 e. The highest BCUT2D eigenvalue weighted by molar-refractivity contribution is 5.64. The molecule has 1 aliphatic heterocycles. The lowest BCUT2D eigenvalue weighted by Gasteiger charge is -2.24. The Morgan fingerprint density at radius 2 is 2.08 bits per heavy atom. The van der Waals surface area contributed by atoms with Crippen LogP contribution in [0.15, 0.2) is 36.7 Å². The van der Waals surface area contributed by atoms with Crippen molar-refractivity contribution in [2.24, 2.45) is 0 Å². The third-order valence-corrected chi connectivity index (χ3v) is 4.29. The van der Waals surface area contributed by atoms with Crippen molar-refractivity contribution in [1.29, 1.82) is 0 Å². The molecule has 0 atom stereocenters. The first-order valence-electron chi connectivity index (χ1n) is 8.16. The van der Waals surface area contributed by atoms with Crippen LogP contribution in [0, 0.1) is 0 Å². The minimum absolute atomic E-state index is 0.462. The maximum atomic E-state index is 5.21. The smallest absolute Gasteiger partial charge is 0.213 e. The highest BCUT2D eigenvalue weighted by Crippen LogP contribution is 2.23. The molecule has 2 N–H and O–H groups in total. The van der Waals surface area contributed by atoms with Crippen LogP contribution in [0.4, 0.5) is 5.82 Å². The third-order valence-electron chi connectivity index (χ3n) is 4.29. The monoisotopic (exact) mass is 324 g/mol. The lowest BCUT2D eigenvalue weighted by Crippen LogP contribution is -2.35. The number of rotatable bonds is 4. The fourth-order valence-electron chi connectivity index (χ4n) is 3.00. The van der Waals surface area contributed by atoms with E-state index in [0.29, 0.717) is 11.9 Å². The first-order chi connectivity index (χ1) is 11.8. The normalized spacial score (nSPS) is 15.5. The van der Waals surface area contributed by atoms with Crippen LogP contribution >= 0.6 is 0 Å². The number of anilines is 1. The maximum absolute atomic E-state index is 5.21. The van der Waals surface area contributed by atoms with Crippen molar-refractivity contribution in [3.05, 3.63) is 36.7 Å². The van der Waals surface area contributed by atoms with E-state index in [1.54, 1.807) is 13.3 Å². The van der Waals surface area contributed by atoms with Crippen LogP contribution in [0.1, 0.15) is 12.8 Å². The van der Waals surface area contributed by atoms with Gasteiger partial charge in [-0.3, -0.25) is 0 Å². The number of methoxy groups -OCH3 is 1. The van der Waals surface area contributed by atoms with E-state index >= 15 is 0 Å². The van der Waals surface area contributed by atoms with Gasteiger partial charge in [0, 0.05) is 23.9 Å². The van der Waals surface area contributed by atoms with Gasteiger partial charge in [-0.1, -0.05) is 0 Å². The molecule has 124 valence electrons. The second-order valence-electron chi connectivity index (χ2n) is 5.89. The van der Waals surface area contributed by atoms with Crippen molar-refractivity contribution >= 4 is 11.5 Å². The van der Waals surface area contributed by atoms with E-state index in [1.807, 2.05) is 35.0 Å². The summed E-state index contributed by atoms with van der Waals surface area (Å²) in [6.45, 7) is 2.10. The quantitative estimate of drug-likeness (QED) is 0.764. The Balaban J connectivity index is 1.67. The Morgan fingerprint density at radius 3 is 2.92 bits per heavy atom. The molecule has 0 radical (unpaired) electrons. The summed E-state index contributed by atoms with van der Waals surface area (Å²) in [5, 5.41) is 11.6. The Labute approximate surface area is 140 Å². The van der Waals surface area contributed by atoms with Crippen molar-refractivity contribution in [3.8, 4) is 17.1 Å². The molecule has 0 amide bonds. The standard InChI is InChI=1S/C17H20N6O/c1-24-17-10-12(4-9-19-17)14-11-20-16-3-2-15(22-23(14)16)21-13-5-7-18-8-6-13/h2-4,9-11,13,18H,5-8H2,1H3,(H,21,22). The van der Waals surface area contributed by atoms with Crippen LogP contribution < -0.4 is 15.4 Å². The van der Waals surface area contributed by atoms with Crippen LogP contribution in [0.2, 0.25) is 0 Å². The van der Waals surface area contributed by atoms with Gasteiger partial charge in [-0.05, 0) is 44.1 Å². The van der Waals surface area contributed by atoms with E-state index in [-0.39, 0.29) is 0 Å². The Hall–Kier alpha value is -2.67.